The molecule has 2 heterocycles. The molecule has 0 aliphatic heterocycles. The van der Waals surface area contributed by atoms with E-state index in [0.29, 0.717) is 11.6 Å². The van der Waals surface area contributed by atoms with Crippen LogP contribution in [-0.2, 0) is 6.42 Å². The molecule has 2 aromatic heterocycles. The predicted molar refractivity (Wildman–Crippen MR) is 78.5 cm³/mol. The highest BCUT2D eigenvalue weighted by molar-refractivity contribution is 5.57. The Kier molecular flexibility index (Phi) is 2.70. The molecule has 21 heavy (non-hydrogen) atoms. The number of hydrogen-bond acceptors (Lipinski definition) is 5. The summed E-state index contributed by atoms with van der Waals surface area (Å²) in [7, 11) is 0. The van der Waals surface area contributed by atoms with E-state index in [1.54, 1.807) is 18.5 Å². The van der Waals surface area contributed by atoms with Gasteiger partial charge >= 0.3 is 0 Å². The van der Waals surface area contributed by atoms with Gasteiger partial charge in [-0.05, 0) is 30.0 Å². The van der Waals surface area contributed by atoms with Crippen LogP contribution in [0, 0.1) is 0 Å². The molecule has 0 spiro atoms. The van der Waals surface area contributed by atoms with Crippen molar-refractivity contribution in [3.63, 3.8) is 0 Å². The average Bonchev–Trinajstić information content (AvgIpc) is 3.14. The Morgan fingerprint density at radius 3 is 3.00 bits per heavy atom. The normalized spacial score (nSPS) is 16.9. The maximum atomic E-state index is 5.74. The first kappa shape index (κ1) is 12.1. The fourth-order valence-electron chi connectivity index (χ4n) is 2.89. The van der Waals surface area contributed by atoms with Crippen molar-refractivity contribution in [2.45, 2.75) is 18.8 Å². The molecule has 0 fully saturated rings. The number of nitrogens with zero attached hydrogens (tertiary/aromatic N) is 3. The fourth-order valence-corrected chi connectivity index (χ4v) is 2.89. The van der Waals surface area contributed by atoms with Gasteiger partial charge in [0.2, 0.25) is 0 Å². The number of aryl methyl sites for hydroxylation is 1. The van der Waals surface area contributed by atoms with E-state index in [-0.39, 0.29) is 5.92 Å². The second-order valence-corrected chi connectivity index (χ2v) is 5.25. The van der Waals surface area contributed by atoms with E-state index in [2.05, 4.69) is 39.4 Å². The zero-order valence-corrected chi connectivity index (χ0v) is 11.4. The van der Waals surface area contributed by atoms with E-state index in [1.165, 1.54) is 11.1 Å². The van der Waals surface area contributed by atoms with Crippen molar-refractivity contribution in [2.24, 2.45) is 0 Å². The van der Waals surface area contributed by atoms with Gasteiger partial charge < -0.3 is 10.3 Å². The molecule has 5 heteroatoms. The molecule has 1 aliphatic carbocycles. The smallest absolute Gasteiger partial charge is 0.259 e. The van der Waals surface area contributed by atoms with Crippen LogP contribution in [0.25, 0.3) is 11.5 Å². The summed E-state index contributed by atoms with van der Waals surface area (Å²) in [5.41, 5.74) is 9.74. The van der Waals surface area contributed by atoms with Gasteiger partial charge in [0.05, 0.1) is 11.3 Å². The summed E-state index contributed by atoms with van der Waals surface area (Å²) in [6.07, 6.45) is 5.35. The Morgan fingerprint density at radius 2 is 2.10 bits per heavy atom. The van der Waals surface area contributed by atoms with Gasteiger partial charge in [0, 0.05) is 18.3 Å². The fraction of sp³-hybridized carbons (Fsp3) is 0.188. The maximum absolute atomic E-state index is 5.74. The second kappa shape index (κ2) is 4.70. The van der Waals surface area contributed by atoms with Crippen LogP contribution in [0.1, 0.15) is 29.3 Å². The Hall–Kier alpha value is -2.69. The quantitative estimate of drug-likeness (QED) is 0.779. The SMILES string of the molecule is Nc1cncc(-c2nc(C3CCc4ccccc43)no2)c1. The maximum Gasteiger partial charge on any atom is 0.259 e. The van der Waals surface area contributed by atoms with Crippen molar-refractivity contribution in [1.82, 2.24) is 15.1 Å². The van der Waals surface area contributed by atoms with Crippen molar-refractivity contribution in [3.8, 4) is 11.5 Å². The number of nitrogen functional groups attached to an aromatic ring is 1. The van der Waals surface area contributed by atoms with Gasteiger partial charge in [-0.1, -0.05) is 29.4 Å². The van der Waals surface area contributed by atoms with Gasteiger partial charge in [-0.2, -0.15) is 4.98 Å². The number of benzene rings is 1. The summed E-state index contributed by atoms with van der Waals surface area (Å²) in [5, 5.41) is 4.15. The first-order chi connectivity index (χ1) is 10.3. The van der Waals surface area contributed by atoms with E-state index >= 15 is 0 Å². The van der Waals surface area contributed by atoms with Crippen molar-refractivity contribution in [1.29, 1.82) is 0 Å². The lowest BCUT2D eigenvalue weighted by molar-refractivity contribution is 0.419. The number of anilines is 1. The number of nitrogens with two attached hydrogens (primary N) is 1. The third-order valence-electron chi connectivity index (χ3n) is 3.89. The van der Waals surface area contributed by atoms with E-state index < -0.39 is 0 Å². The van der Waals surface area contributed by atoms with Gasteiger partial charge in [-0.15, -0.1) is 0 Å². The molecule has 0 radical (unpaired) electrons. The Labute approximate surface area is 121 Å². The molecule has 2 N–H and O–H groups in total. The molecule has 0 amide bonds. The zero-order chi connectivity index (χ0) is 14.2. The lowest BCUT2D eigenvalue weighted by Crippen LogP contribution is -1.98. The van der Waals surface area contributed by atoms with Gasteiger partial charge in [0.1, 0.15) is 0 Å². The largest absolute Gasteiger partial charge is 0.397 e. The molecular formula is C16H14N4O. The number of aromatic nitrogens is 3. The lowest BCUT2D eigenvalue weighted by atomic mass is 10.0. The average molecular weight is 278 g/mol. The molecule has 0 saturated heterocycles. The van der Waals surface area contributed by atoms with Crippen LogP contribution < -0.4 is 5.73 Å². The highest BCUT2D eigenvalue weighted by atomic mass is 16.5. The minimum absolute atomic E-state index is 0.215. The van der Waals surface area contributed by atoms with Crippen LogP contribution in [0.15, 0.2) is 47.2 Å². The van der Waals surface area contributed by atoms with Crippen LogP contribution >= 0.6 is 0 Å². The summed E-state index contributed by atoms with van der Waals surface area (Å²) < 4.78 is 5.38. The molecule has 3 aromatic rings. The Balaban J connectivity index is 1.70. The Morgan fingerprint density at radius 1 is 1.19 bits per heavy atom. The van der Waals surface area contributed by atoms with Crippen LogP contribution in [0.5, 0.6) is 0 Å². The molecule has 1 aromatic carbocycles. The molecule has 4 rings (SSSR count). The molecule has 0 saturated carbocycles. The highest BCUT2D eigenvalue weighted by Gasteiger charge is 2.27. The summed E-state index contributed by atoms with van der Waals surface area (Å²) in [6, 6.07) is 10.2. The van der Waals surface area contributed by atoms with Gasteiger partial charge in [0.15, 0.2) is 5.82 Å². The number of rotatable bonds is 2. The monoisotopic (exact) mass is 278 g/mol. The van der Waals surface area contributed by atoms with E-state index in [4.69, 9.17) is 10.3 Å². The molecular weight excluding hydrogens is 264 g/mol. The Bertz CT molecular complexity index is 796. The van der Waals surface area contributed by atoms with E-state index in [1.807, 2.05) is 0 Å². The summed E-state index contributed by atoms with van der Waals surface area (Å²) in [4.78, 5) is 8.58. The van der Waals surface area contributed by atoms with E-state index in [0.717, 1.165) is 24.2 Å². The molecule has 104 valence electrons. The van der Waals surface area contributed by atoms with E-state index in [9.17, 15) is 0 Å². The summed E-state index contributed by atoms with van der Waals surface area (Å²) >= 11 is 0. The molecule has 1 aliphatic rings. The first-order valence-electron chi connectivity index (χ1n) is 6.93. The lowest BCUT2D eigenvalue weighted by Gasteiger charge is -2.05. The van der Waals surface area contributed by atoms with Gasteiger partial charge in [0.25, 0.3) is 5.89 Å². The number of fused-ring (bicyclic) bond motifs is 1. The number of hydrogen-bond donors (Lipinski definition) is 1. The van der Waals surface area contributed by atoms with Crippen molar-refractivity contribution >= 4 is 5.69 Å². The first-order valence-corrected chi connectivity index (χ1v) is 6.93. The van der Waals surface area contributed by atoms with Crippen molar-refractivity contribution in [2.75, 3.05) is 5.73 Å². The van der Waals surface area contributed by atoms with Crippen LogP contribution in [0.2, 0.25) is 0 Å². The molecule has 5 nitrogen and oxygen atoms in total. The predicted octanol–water partition coefficient (Wildman–Crippen LogP) is 2.79. The van der Waals surface area contributed by atoms with Crippen molar-refractivity contribution in [3.05, 3.63) is 59.7 Å². The minimum atomic E-state index is 0.215. The van der Waals surface area contributed by atoms with Crippen molar-refractivity contribution < 1.29 is 4.52 Å². The number of pyridine rings is 1. The summed E-state index contributed by atoms with van der Waals surface area (Å²) in [5.74, 6) is 1.42. The second-order valence-electron chi connectivity index (χ2n) is 5.25. The van der Waals surface area contributed by atoms with Crippen LogP contribution in [-0.4, -0.2) is 15.1 Å². The molecule has 1 unspecified atom stereocenters. The third kappa shape index (κ3) is 2.07. The third-order valence-corrected chi connectivity index (χ3v) is 3.89. The zero-order valence-electron chi connectivity index (χ0n) is 11.4. The topological polar surface area (TPSA) is 77.8 Å². The standard InChI is InChI=1S/C16H14N4O/c17-12-7-11(8-18-9-12)16-19-15(20-21-16)14-6-5-10-3-1-2-4-13(10)14/h1-4,7-9,14H,5-6,17H2. The van der Waals surface area contributed by atoms with Crippen LogP contribution in [0.4, 0.5) is 5.69 Å². The van der Waals surface area contributed by atoms with Gasteiger partial charge in [-0.3, -0.25) is 4.98 Å². The molecule has 1 atom stereocenters. The minimum Gasteiger partial charge on any atom is -0.397 e. The molecule has 0 bridgehead atoms. The van der Waals surface area contributed by atoms with Gasteiger partial charge in [-0.25, -0.2) is 0 Å². The highest BCUT2D eigenvalue weighted by Crippen LogP contribution is 2.37. The van der Waals surface area contributed by atoms with Crippen LogP contribution in [0.3, 0.4) is 0 Å². The summed E-state index contributed by atoms with van der Waals surface area (Å²) in [6.45, 7) is 0.